The molecular weight excluding hydrogens is 1350 g/mol. The summed E-state index contributed by atoms with van der Waals surface area (Å²) in [6.07, 6.45) is 0. The van der Waals surface area contributed by atoms with Crippen molar-refractivity contribution in [2.75, 3.05) is 9.80 Å². The molecule has 6 heteroatoms. The number of anilines is 6. The Hall–Kier alpha value is -13.9. The first-order chi connectivity index (χ1) is 54.2. The fourth-order valence-electron chi connectivity index (χ4n) is 19.2. The summed E-state index contributed by atoms with van der Waals surface area (Å²) in [4.78, 5) is 4.36. The summed E-state index contributed by atoms with van der Waals surface area (Å²) in [5.74, 6) is -0.803. The highest BCUT2D eigenvalue weighted by molar-refractivity contribution is 6.21. The van der Waals surface area contributed by atoms with E-state index in [1.807, 2.05) is 133 Å². The SMILES string of the molecule is CC1(C2(C)c3ccc4ccccc4c3-c3c2cc(N(c2c(F)cc(-c4ccccc4)cc2-c2ccccc2)c2cccc4c2oc2ccccc24)c2ccccc32)c2ccc3ccccc3c2-c2c1cc(N(c1c(F)cc(-c3ccccc3)cc1-c1ccccc1)c1cccc3c1oc1ccccc13)c1ccccc21. The summed E-state index contributed by atoms with van der Waals surface area (Å²) in [7, 11) is 0. The van der Waals surface area contributed by atoms with Crippen molar-refractivity contribution in [2.24, 2.45) is 0 Å². The summed E-state index contributed by atoms with van der Waals surface area (Å²) < 4.78 is 53.2. The maximum Gasteiger partial charge on any atom is 0.159 e. The molecule has 0 N–H and O–H groups in total. The first-order valence-electron chi connectivity index (χ1n) is 37.7. The smallest absolute Gasteiger partial charge is 0.159 e. The van der Waals surface area contributed by atoms with Crippen LogP contribution < -0.4 is 9.80 Å². The van der Waals surface area contributed by atoms with Gasteiger partial charge in [0.2, 0.25) is 0 Å². The highest BCUT2D eigenvalue weighted by atomic mass is 19.1. The number of fused-ring (bicyclic) bond motifs is 20. The summed E-state index contributed by atoms with van der Waals surface area (Å²) >= 11 is 0. The van der Waals surface area contributed by atoms with Gasteiger partial charge in [-0.3, -0.25) is 0 Å². The minimum absolute atomic E-state index is 0.375. The molecule has 518 valence electrons. The molecule has 2 aliphatic carbocycles. The quantitative estimate of drug-likeness (QED) is 0.129. The second-order valence-corrected chi connectivity index (χ2v) is 29.7. The maximum atomic E-state index is 19.4. The molecule has 2 atom stereocenters. The van der Waals surface area contributed by atoms with E-state index >= 15 is 8.78 Å². The van der Waals surface area contributed by atoms with E-state index in [1.165, 1.54) is 0 Å². The van der Waals surface area contributed by atoms with Crippen LogP contribution in [0.4, 0.5) is 42.9 Å². The van der Waals surface area contributed by atoms with Gasteiger partial charge in [0.05, 0.1) is 34.1 Å². The third-order valence-electron chi connectivity index (χ3n) is 24.2. The third kappa shape index (κ3) is 9.11. The molecule has 0 saturated carbocycles. The Morgan fingerprint density at radius 3 is 0.955 bits per heavy atom. The zero-order valence-electron chi connectivity index (χ0n) is 60.1. The molecule has 20 aromatic rings. The van der Waals surface area contributed by atoms with Crippen molar-refractivity contribution in [1.82, 2.24) is 0 Å². The summed E-state index contributed by atoms with van der Waals surface area (Å²) in [5.41, 5.74) is 19.7. The Labute approximate surface area is 633 Å². The minimum atomic E-state index is -1.01. The lowest BCUT2D eigenvalue weighted by Gasteiger charge is -2.46. The van der Waals surface area contributed by atoms with E-state index in [0.29, 0.717) is 45.0 Å². The molecule has 0 saturated heterocycles. The van der Waals surface area contributed by atoms with Crippen molar-refractivity contribution in [3.8, 4) is 66.8 Å². The Balaban J connectivity index is 0.893. The van der Waals surface area contributed by atoms with Gasteiger partial charge in [0.15, 0.2) is 11.2 Å². The molecule has 18 aromatic carbocycles. The van der Waals surface area contributed by atoms with Crippen molar-refractivity contribution >= 4 is 121 Å². The normalized spacial score (nSPS) is 15.0. The van der Waals surface area contributed by atoms with Gasteiger partial charge in [-0.25, -0.2) is 8.78 Å². The summed E-state index contributed by atoms with van der Waals surface area (Å²) in [6.45, 7) is 4.95. The molecular formula is C104H66F2N2O2. The highest BCUT2D eigenvalue weighted by Gasteiger charge is 2.59. The standard InChI is InChI=1S/C104H66F2N2O2/c1-103(83-55-53-67-37-15-17-39-71(67)95(83)97-77-45-21-19-41-73(77)91(61-85(97)103)107(89-49-27-47-79-75-43-23-25-51-93(75)109-101(79)89)99-81(65-33-11-5-12-34-65)57-69(59-87(99)105)63-29-7-3-8-30-63)104(2)84-56-54-68-38-16-18-40-72(68)96(84)98-78-46-22-20-42-74(78)92(62-86(98)104)108(90-50-28-48-80-76-44-24-26-52-94(76)110-102(80)90)100-82(66-35-13-6-14-36-66)58-70(60-88(100)106)64-31-9-4-10-32-64/h3-62H,1-2H3. The van der Waals surface area contributed by atoms with Crippen molar-refractivity contribution < 1.29 is 17.6 Å². The van der Waals surface area contributed by atoms with Gasteiger partial charge in [0.25, 0.3) is 0 Å². The Morgan fingerprint density at radius 1 is 0.236 bits per heavy atom. The van der Waals surface area contributed by atoms with E-state index in [4.69, 9.17) is 8.83 Å². The fourth-order valence-corrected chi connectivity index (χ4v) is 19.2. The van der Waals surface area contributed by atoms with Crippen LogP contribution in [-0.2, 0) is 10.8 Å². The molecule has 2 heterocycles. The van der Waals surface area contributed by atoms with Crippen LogP contribution in [-0.4, -0.2) is 0 Å². The van der Waals surface area contributed by atoms with E-state index in [2.05, 4.69) is 242 Å². The molecule has 0 spiro atoms. The Kier molecular flexibility index (Phi) is 14.0. The van der Waals surface area contributed by atoms with Gasteiger partial charge in [-0.1, -0.05) is 317 Å². The van der Waals surface area contributed by atoms with Crippen LogP contribution in [0.2, 0.25) is 0 Å². The summed E-state index contributed by atoms with van der Waals surface area (Å²) in [6, 6.07) is 127. The molecule has 4 nitrogen and oxygen atoms in total. The van der Waals surface area contributed by atoms with Gasteiger partial charge < -0.3 is 18.6 Å². The molecule has 0 radical (unpaired) electrons. The lowest BCUT2D eigenvalue weighted by molar-refractivity contribution is 0.376. The molecule has 2 aromatic heterocycles. The highest BCUT2D eigenvalue weighted by Crippen LogP contribution is 2.70. The minimum Gasteiger partial charge on any atom is -0.454 e. The molecule has 0 aliphatic heterocycles. The van der Waals surface area contributed by atoms with Crippen molar-refractivity contribution in [1.29, 1.82) is 0 Å². The predicted octanol–water partition coefficient (Wildman–Crippen LogP) is 29.3. The lowest BCUT2D eigenvalue weighted by atomic mass is 9.56. The Morgan fingerprint density at radius 2 is 0.555 bits per heavy atom. The number of furan rings is 2. The second-order valence-electron chi connectivity index (χ2n) is 29.7. The number of hydrogen-bond acceptors (Lipinski definition) is 4. The lowest BCUT2D eigenvalue weighted by Crippen LogP contribution is -2.44. The predicted molar refractivity (Wildman–Crippen MR) is 452 cm³/mol. The van der Waals surface area contributed by atoms with E-state index in [-0.39, 0.29) is 0 Å². The molecule has 2 unspecified atom stereocenters. The fraction of sp³-hybridized carbons (Fsp3) is 0.0385. The Bertz CT molecular complexity index is 6800. The molecule has 0 amide bonds. The van der Waals surface area contributed by atoms with Crippen molar-refractivity contribution in [2.45, 2.75) is 24.7 Å². The average Bonchev–Trinajstić information content (AvgIpc) is 1.48. The molecule has 0 bridgehead atoms. The van der Waals surface area contributed by atoms with E-state index in [9.17, 15) is 0 Å². The molecule has 110 heavy (non-hydrogen) atoms. The number of rotatable bonds is 11. The van der Waals surface area contributed by atoms with Crippen molar-refractivity contribution in [3.05, 3.63) is 398 Å². The molecule has 22 rings (SSSR count). The average molecular weight is 1410 g/mol. The van der Waals surface area contributed by atoms with Crippen LogP contribution in [0, 0.1) is 11.6 Å². The zero-order valence-corrected chi connectivity index (χ0v) is 60.1. The maximum absolute atomic E-state index is 19.4. The van der Waals surface area contributed by atoms with Gasteiger partial charge >= 0.3 is 0 Å². The monoisotopic (exact) mass is 1410 g/mol. The van der Waals surface area contributed by atoms with Gasteiger partial charge in [0.1, 0.15) is 22.8 Å². The zero-order chi connectivity index (χ0) is 73.1. The van der Waals surface area contributed by atoms with Gasteiger partial charge in [-0.2, -0.15) is 0 Å². The van der Waals surface area contributed by atoms with Gasteiger partial charge in [-0.15, -0.1) is 0 Å². The topological polar surface area (TPSA) is 32.8 Å². The van der Waals surface area contributed by atoms with Crippen molar-refractivity contribution in [3.63, 3.8) is 0 Å². The van der Waals surface area contributed by atoms with Crippen LogP contribution in [0.3, 0.4) is 0 Å². The van der Waals surface area contributed by atoms with E-state index < -0.39 is 22.5 Å². The van der Waals surface area contributed by atoms with Crippen LogP contribution in [0.1, 0.15) is 36.1 Å². The van der Waals surface area contributed by atoms with Gasteiger partial charge in [-0.05, 0) is 171 Å². The van der Waals surface area contributed by atoms with E-state index in [0.717, 1.165) is 165 Å². The van der Waals surface area contributed by atoms with Crippen LogP contribution in [0.25, 0.3) is 154 Å². The first kappa shape index (κ1) is 63.3. The third-order valence-corrected chi connectivity index (χ3v) is 24.2. The number of hydrogen-bond donors (Lipinski definition) is 0. The van der Waals surface area contributed by atoms with Crippen LogP contribution in [0.5, 0.6) is 0 Å². The number of para-hydroxylation sites is 4. The van der Waals surface area contributed by atoms with Gasteiger partial charge in [0, 0.05) is 54.3 Å². The first-order valence-corrected chi connectivity index (χ1v) is 37.7. The number of nitrogens with zero attached hydrogens (tertiary/aromatic N) is 2. The van der Waals surface area contributed by atoms with Crippen LogP contribution in [0.15, 0.2) is 373 Å². The summed E-state index contributed by atoms with van der Waals surface area (Å²) in [5, 5.41) is 12.1. The molecule has 2 aliphatic rings. The van der Waals surface area contributed by atoms with E-state index in [1.54, 1.807) is 12.1 Å². The number of benzene rings is 18. The molecule has 0 fully saturated rings. The second kappa shape index (κ2) is 24.3. The van der Waals surface area contributed by atoms with Crippen LogP contribution >= 0.6 is 0 Å². The number of halogens is 2. The largest absolute Gasteiger partial charge is 0.454 e.